The SMILES string of the molecule is CN=C(NCc1cccc(C#N)c1)N1CCN(Cc2ccon2)CC1. The molecule has 25 heavy (non-hydrogen) atoms. The molecule has 0 aliphatic carbocycles. The molecule has 7 heteroatoms. The van der Waals surface area contributed by atoms with Gasteiger partial charge >= 0.3 is 0 Å². The summed E-state index contributed by atoms with van der Waals surface area (Å²) in [5.41, 5.74) is 2.72. The Kier molecular flexibility index (Phi) is 5.65. The van der Waals surface area contributed by atoms with Gasteiger partial charge in [-0.1, -0.05) is 17.3 Å². The lowest BCUT2D eigenvalue weighted by atomic mass is 10.1. The minimum absolute atomic E-state index is 0.654. The summed E-state index contributed by atoms with van der Waals surface area (Å²) in [5.74, 6) is 0.892. The van der Waals surface area contributed by atoms with Crippen LogP contribution in [0.15, 0.2) is 46.1 Å². The summed E-state index contributed by atoms with van der Waals surface area (Å²) < 4.78 is 4.89. The topological polar surface area (TPSA) is 80.7 Å². The van der Waals surface area contributed by atoms with Gasteiger partial charge < -0.3 is 14.7 Å². The average Bonchev–Trinajstić information content (AvgIpc) is 3.17. The number of rotatable bonds is 4. The molecule has 0 unspecified atom stereocenters. The number of hydrogen-bond donors (Lipinski definition) is 1. The van der Waals surface area contributed by atoms with E-state index >= 15 is 0 Å². The zero-order valence-corrected chi connectivity index (χ0v) is 14.4. The zero-order chi connectivity index (χ0) is 17.5. The highest BCUT2D eigenvalue weighted by molar-refractivity contribution is 5.80. The van der Waals surface area contributed by atoms with Crippen LogP contribution in [-0.2, 0) is 13.1 Å². The van der Waals surface area contributed by atoms with E-state index in [2.05, 4.69) is 31.3 Å². The number of guanidine groups is 1. The summed E-state index contributed by atoms with van der Waals surface area (Å²) in [6, 6.07) is 11.7. The van der Waals surface area contributed by atoms with E-state index in [1.54, 1.807) is 13.3 Å². The molecular weight excluding hydrogens is 316 g/mol. The lowest BCUT2D eigenvalue weighted by Gasteiger charge is -2.36. The first-order valence-electron chi connectivity index (χ1n) is 8.35. The molecule has 3 rings (SSSR count). The summed E-state index contributed by atoms with van der Waals surface area (Å²) in [7, 11) is 1.80. The summed E-state index contributed by atoms with van der Waals surface area (Å²) in [4.78, 5) is 9.01. The fourth-order valence-corrected chi connectivity index (χ4v) is 2.93. The van der Waals surface area contributed by atoms with Gasteiger partial charge in [0.25, 0.3) is 0 Å². The van der Waals surface area contributed by atoms with Crippen LogP contribution in [0.2, 0.25) is 0 Å². The van der Waals surface area contributed by atoms with E-state index in [4.69, 9.17) is 9.78 Å². The van der Waals surface area contributed by atoms with E-state index in [1.165, 1.54) is 0 Å². The number of nitrogens with zero attached hydrogens (tertiary/aromatic N) is 5. The van der Waals surface area contributed by atoms with Crippen molar-refractivity contribution in [2.75, 3.05) is 33.2 Å². The van der Waals surface area contributed by atoms with Crippen molar-refractivity contribution in [3.05, 3.63) is 53.4 Å². The van der Waals surface area contributed by atoms with E-state index in [1.807, 2.05) is 30.3 Å². The van der Waals surface area contributed by atoms with Crippen LogP contribution in [0, 0.1) is 11.3 Å². The van der Waals surface area contributed by atoms with Crippen molar-refractivity contribution >= 4 is 5.96 Å². The third kappa shape index (κ3) is 4.58. The predicted molar refractivity (Wildman–Crippen MR) is 94.7 cm³/mol. The maximum absolute atomic E-state index is 8.99. The van der Waals surface area contributed by atoms with Crippen LogP contribution in [0.5, 0.6) is 0 Å². The van der Waals surface area contributed by atoms with Gasteiger partial charge in [0.1, 0.15) is 6.26 Å². The van der Waals surface area contributed by atoms with Gasteiger partial charge in [-0.25, -0.2) is 0 Å². The average molecular weight is 338 g/mol. The summed E-state index contributed by atoms with van der Waals surface area (Å²) in [6.07, 6.45) is 1.61. The second kappa shape index (κ2) is 8.31. The normalized spacial score (nSPS) is 15.8. The van der Waals surface area contributed by atoms with Gasteiger partial charge in [-0.3, -0.25) is 9.89 Å². The lowest BCUT2D eigenvalue weighted by molar-refractivity contribution is 0.169. The third-order valence-electron chi connectivity index (χ3n) is 4.27. The molecule has 1 aromatic carbocycles. The molecular formula is C18H22N6O. The van der Waals surface area contributed by atoms with Gasteiger partial charge in [0.15, 0.2) is 5.96 Å². The molecule has 1 saturated heterocycles. The Morgan fingerprint density at radius 2 is 2.16 bits per heavy atom. The molecule has 0 amide bonds. The Bertz CT molecular complexity index is 741. The van der Waals surface area contributed by atoms with Gasteiger partial charge in [-0.15, -0.1) is 0 Å². The first-order chi connectivity index (χ1) is 12.3. The second-order valence-electron chi connectivity index (χ2n) is 5.97. The number of nitrogens with one attached hydrogen (secondary N) is 1. The van der Waals surface area contributed by atoms with Crippen molar-refractivity contribution in [2.24, 2.45) is 4.99 Å². The predicted octanol–water partition coefficient (Wildman–Crippen LogP) is 1.44. The van der Waals surface area contributed by atoms with Crippen LogP contribution in [0.4, 0.5) is 0 Å². The van der Waals surface area contributed by atoms with Crippen LogP contribution in [-0.4, -0.2) is 54.1 Å². The minimum Gasteiger partial charge on any atom is -0.364 e. The van der Waals surface area contributed by atoms with Crippen LogP contribution >= 0.6 is 0 Å². The molecule has 0 atom stereocenters. The number of nitriles is 1. The maximum atomic E-state index is 8.99. The van der Waals surface area contributed by atoms with Gasteiger partial charge in [0, 0.05) is 52.4 Å². The minimum atomic E-state index is 0.654. The highest BCUT2D eigenvalue weighted by atomic mass is 16.5. The highest BCUT2D eigenvalue weighted by Crippen LogP contribution is 2.08. The molecule has 1 N–H and O–H groups in total. The quantitative estimate of drug-likeness (QED) is 0.671. The Balaban J connectivity index is 1.50. The summed E-state index contributed by atoms with van der Waals surface area (Å²) >= 11 is 0. The molecule has 2 aromatic rings. The molecule has 1 aromatic heterocycles. The Morgan fingerprint density at radius 3 is 2.84 bits per heavy atom. The molecule has 0 radical (unpaired) electrons. The highest BCUT2D eigenvalue weighted by Gasteiger charge is 2.20. The van der Waals surface area contributed by atoms with Gasteiger partial charge in [-0.2, -0.15) is 5.26 Å². The fourth-order valence-electron chi connectivity index (χ4n) is 2.93. The zero-order valence-electron chi connectivity index (χ0n) is 14.4. The Labute approximate surface area is 147 Å². The molecule has 130 valence electrons. The Hall–Kier alpha value is -2.85. The number of hydrogen-bond acceptors (Lipinski definition) is 5. The van der Waals surface area contributed by atoms with E-state index in [0.29, 0.717) is 12.1 Å². The monoisotopic (exact) mass is 338 g/mol. The number of aromatic nitrogens is 1. The van der Waals surface area contributed by atoms with Crippen LogP contribution < -0.4 is 5.32 Å². The van der Waals surface area contributed by atoms with Crippen LogP contribution in [0.1, 0.15) is 16.8 Å². The van der Waals surface area contributed by atoms with Crippen molar-refractivity contribution in [1.82, 2.24) is 20.3 Å². The molecule has 1 aliphatic heterocycles. The number of piperazine rings is 1. The third-order valence-corrected chi connectivity index (χ3v) is 4.27. The molecule has 0 saturated carbocycles. The summed E-state index contributed by atoms with van der Waals surface area (Å²) in [6.45, 7) is 5.21. The standard InChI is InChI=1S/C18H22N6O/c1-20-18(21-13-16-4-2-3-15(11-16)12-19)24-8-6-23(7-9-24)14-17-5-10-25-22-17/h2-5,10-11H,6-9,13-14H2,1H3,(H,20,21). The largest absolute Gasteiger partial charge is 0.364 e. The van der Waals surface area contributed by atoms with Gasteiger partial charge in [0.2, 0.25) is 0 Å². The number of benzene rings is 1. The van der Waals surface area contributed by atoms with E-state index in [9.17, 15) is 0 Å². The molecule has 7 nitrogen and oxygen atoms in total. The van der Waals surface area contributed by atoms with Crippen molar-refractivity contribution in [3.63, 3.8) is 0 Å². The van der Waals surface area contributed by atoms with Crippen molar-refractivity contribution in [1.29, 1.82) is 5.26 Å². The van der Waals surface area contributed by atoms with Crippen LogP contribution in [0.25, 0.3) is 0 Å². The fraction of sp³-hybridized carbons (Fsp3) is 0.389. The molecule has 2 heterocycles. The first-order valence-corrected chi connectivity index (χ1v) is 8.35. The van der Waals surface area contributed by atoms with E-state index < -0.39 is 0 Å². The summed E-state index contributed by atoms with van der Waals surface area (Å²) in [5, 5.41) is 16.3. The smallest absolute Gasteiger partial charge is 0.194 e. The molecule has 1 aliphatic rings. The lowest BCUT2D eigenvalue weighted by Crippen LogP contribution is -2.52. The number of aliphatic imine (C=N–C) groups is 1. The van der Waals surface area contributed by atoms with Crippen molar-refractivity contribution in [3.8, 4) is 6.07 Å². The second-order valence-corrected chi connectivity index (χ2v) is 5.97. The Morgan fingerprint density at radius 1 is 1.32 bits per heavy atom. The van der Waals surface area contributed by atoms with E-state index in [0.717, 1.165) is 49.9 Å². The molecule has 0 bridgehead atoms. The van der Waals surface area contributed by atoms with Crippen molar-refractivity contribution in [2.45, 2.75) is 13.1 Å². The van der Waals surface area contributed by atoms with Crippen LogP contribution in [0.3, 0.4) is 0 Å². The maximum Gasteiger partial charge on any atom is 0.194 e. The molecule has 0 spiro atoms. The first kappa shape index (κ1) is 17.0. The van der Waals surface area contributed by atoms with Gasteiger partial charge in [-0.05, 0) is 17.7 Å². The van der Waals surface area contributed by atoms with Crippen molar-refractivity contribution < 1.29 is 4.52 Å². The molecule has 1 fully saturated rings. The van der Waals surface area contributed by atoms with E-state index in [-0.39, 0.29) is 0 Å². The van der Waals surface area contributed by atoms with Gasteiger partial charge in [0.05, 0.1) is 17.3 Å².